The number of hydrogen-bond acceptors (Lipinski definition) is 4. The maximum atomic E-state index is 4.80. The van der Waals surface area contributed by atoms with Crippen molar-refractivity contribution in [2.24, 2.45) is 4.99 Å². The number of benzene rings is 1. The van der Waals surface area contributed by atoms with Crippen LogP contribution in [0.2, 0.25) is 0 Å². The van der Waals surface area contributed by atoms with Gasteiger partial charge < -0.3 is 9.13 Å². The van der Waals surface area contributed by atoms with Gasteiger partial charge in [-0.3, -0.25) is 0 Å². The molecule has 0 atom stereocenters. The van der Waals surface area contributed by atoms with E-state index in [0.29, 0.717) is 0 Å². The Morgan fingerprint density at radius 2 is 2.04 bits per heavy atom. The van der Waals surface area contributed by atoms with E-state index in [-0.39, 0.29) is 0 Å². The summed E-state index contributed by atoms with van der Waals surface area (Å²) >= 11 is 1.69. The van der Waals surface area contributed by atoms with E-state index in [2.05, 4.69) is 63.3 Å². The lowest BCUT2D eigenvalue weighted by molar-refractivity contribution is 0.636. The number of nitrogens with zero attached hydrogens (tertiary/aromatic N) is 5. The summed E-state index contributed by atoms with van der Waals surface area (Å²) < 4.78 is 4.40. The molecule has 6 heteroatoms. The number of rotatable bonds is 4. The second-order valence-electron chi connectivity index (χ2n) is 6.63. The average molecular weight is 366 g/mol. The molecule has 0 amide bonds. The van der Waals surface area contributed by atoms with Crippen molar-refractivity contribution in [3.63, 3.8) is 0 Å². The second kappa shape index (κ2) is 7.41. The maximum Gasteiger partial charge on any atom is 0.190 e. The molecule has 5 nitrogen and oxygen atoms in total. The van der Waals surface area contributed by atoms with Crippen molar-refractivity contribution in [2.75, 3.05) is 0 Å². The number of aryl methyl sites for hydroxylation is 2. The molecule has 0 saturated heterocycles. The minimum Gasteiger partial charge on any atom is -0.320 e. The summed E-state index contributed by atoms with van der Waals surface area (Å²) in [5.41, 5.74) is 2.05. The van der Waals surface area contributed by atoms with E-state index in [9.17, 15) is 0 Å². The van der Waals surface area contributed by atoms with Gasteiger partial charge in [0, 0.05) is 36.1 Å². The summed E-state index contributed by atoms with van der Waals surface area (Å²) in [4.78, 5) is 7.03. The Bertz CT molecular complexity index is 975. The average Bonchev–Trinajstić information content (AvgIpc) is 3.11. The van der Waals surface area contributed by atoms with Gasteiger partial charge in [-0.05, 0) is 44.0 Å². The van der Waals surface area contributed by atoms with E-state index < -0.39 is 0 Å². The Morgan fingerprint density at radius 3 is 2.85 bits per heavy atom. The van der Waals surface area contributed by atoms with Crippen molar-refractivity contribution in [1.29, 1.82) is 0 Å². The van der Waals surface area contributed by atoms with Crippen molar-refractivity contribution in [1.82, 2.24) is 19.3 Å². The van der Waals surface area contributed by atoms with Gasteiger partial charge in [0.15, 0.2) is 10.6 Å². The van der Waals surface area contributed by atoms with Crippen LogP contribution in [-0.4, -0.2) is 19.3 Å². The maximum absolute atomic E-state index is 4.80. The van der Waals surface area contributed by atoms with Crippen LogP contribution in [0.1, 0.15) is 30.0 Å². The number of allylic oxidation sites excluding steroid dienone is 1. The Labute approximate surface area is 157 Å². The summed E-state index contributed by atoms with van der Waals surface area (Å²) in [7, 11) is 0. The molecule has 3 heterocycles. The van der Waals surface area contributed by atoms with Gasteiger partial charge in [-0.25, -0.2) is 4.99 Å². The van der Waals surface area contributed by atoms with Crippen molar-refractivity contribution in [3.8, 4) is 11.4 Å². The molecule has 0 fully saturated rings. The van der Waals surface area contributed by atoms with E-state index >= 15 is 0 Å². The van der Waals surface area contributed by atoms with Gasteiger partial charge in [-0.15, -0.1) is 28.1 Å². The predicted molar refractivity (Wildman–Crippen MR) is 105 cm³/mol. The first kappa shape index (κ1) is 17.0. The highest BCUT2D eigenvalue weighted by Crippen LogP contribution is 2.24. The highest BCUT2D eigenvalue weighted by molar-refractivity contribution is 7.09. The van der Waals surface area contributed by atoms with Crippen molar-refractivity contribution in [2.45, 2.75) is 45.7 Å². The van der Waals surface area contributed by atoms with Crippen LogP contribution in [0.15, 0.2) is 48.1 Å². The van der Waals surface area contributed by atoms with Crippen LogP contribution >= 0.6 is 11.3 Å². The molecule has 0 aliphatic carbocycles. The van der Waals surface area contributed by atoms with Gasteiger partial charge >= 0.3 is 0 Å². The van der Waals surface area contributed by atoms with Crippen LogP contribution in [0.25, 0.3) is 11.4 Å². The molecular weight excluding hydrogens is 342 g/mol. The van der Waals surface area contributed by atoms with E-state index in [1.54, 1.807) is 11.3 Å². The Morgan fingerprint density at radius 1 is 1.19 bits per heavy atom. The third kappa shape index (κ3) is 3.42. The molecule has 2 aromatic heterocycles. The van der Waals surface area contributed by atoms with E-state index in [1.165, 1.54) is 24.1 Å². The molecule has 0 bridgehead atoms. The minimum atomic E-state index is 0.771. The second-order valence-corrected chi connectivity index (χ2v) is 7.84. The molecule has 0 spiro atoms. The third-order valence-electron chi connectivity index (χ3n) is 4.62. The van der Waals surface area contributed by atoms with E-state index in [4.69, 9.17) is 4.99 Å². The monoisotopic (exact) mass is 365 g/mol. The standard InChI is InChI=1S/C20H23N5S/c1-3-12-24-14-15(2)26-20(24)21-17-10-8-16(9-11-17)19-23-22-18-7-5-4-6-13-25(18)19/h3,8-11,14H,1,4-7,12-13H2,2H3. The predicted octanol–water partition coefficient (Wildman–Crippen LogP) is 4.26. The molecule has 134 valence electrons. The van der Waals surface area contributed by atoms with Crippen LogP contribution < -0.4 is 4.80 Å². The number of hydrogen-bond donors (Lipinski definition) is 0. The molecule has 0 saturated carbocycles. The fraction of sp³-hybridized carbons (Fsp3) is 0.350. The number of thiazole rings is 1. The van der Waals surface area contributed by atoms with Crippen LogP contribution in [0, 0.1) is 6.92 Å². The lowest BCUT2D eigenvalue weighted by Gasteiger charge is -2.07. The number of aromatic nitrogens is 4. The quantitative estimate of drug-likeness (QED) is 0.649. The normalized spacial score (nSPS) is 14.9. The van der Waals surface area contributed by atoms with Crippen LogP contribution in [-0.2, 0) is 19.5 Å². The number of fused-ring (bicyclic) bond motifs is 1. The summed E-state index contributed by atoms with van der Waals surface area (Å²) in [5.74, 6) is 2.09. The lowest BCUT2D eigenvalue weighted by Crippen LogP contribution is -2.12. The Kier molecular flexibility index (Phi) is 4.84. The molecule has 1 aliphatic rings. The summed E-state index contributed by atoms with van der Waals surface area (Å²) in [6.45, 7) is 7.71. The Balaban J connectivity index is 1.65. The van der Waals surface area contributed by atoms with E-state index in [1.807, 2.05) is 6.08 Å². The summed E-state index contributed by atoms with van der Waals surface area (Å²) in [6.07, 6.45) is 8.72. The van der Waals surface area contributed by atoms with Crippen molar-refractivity contribution in [3.05, 3.63) is 58.6 Å². The molecule has 4 rings (SSSR count). The first-order valence-corrected chi connectivity index (χ1v) is 9.91. The van der Waals surface area contributed by atoms with Gasteiger partial charge in [-0.1, -0.05) is 12.5 Å². The minimum absolute atomic E-state index is 0.771. The Hall–Kier alpha value is -2.47. The van der Waals surface area contributed by atoms with Gasteiger partial charge in [0.05, 0.1) is 5.69 Å². The SMILES string of the molecule is C=CCn1cc(C)sc1=Nc1ccc(-c2nnc3n2CCCCC3)cc1. The third-order valence-corrected chi connectivity index (χ3v) is 5.56. The molecular formula is C20H23N5S. The van der Waals surface area contributed by atoms with Crippen LogP contribution in [0.4, 0.5) is 5.69 Å². The molecule has 0 N–H and O–H groups in total. The van der Waals surface area contributed by atoms with E-state index in [0.717, 1.165) is 47.2 Å². The summed E-state index contributed by atoms with van der Waals surface area (Å²) in [6, 6.07) is 8.31. The first-order chi connectivity index (χ1) is 12.7. The van der Waals surface area contributed by atoms with Gasteiger partial charge in [0.25, 0.3) is 0 Å². The molecule has 3 aromatic rings. The molecule has 1 aromatic carbocycles. The first-order valence-electron chi connectivity index (χ1n) is 9.09. The van der Waals surface area contributed by atoms with Crippen molar-refractivity contribution >= 4 is 17.0 Å². The zero-order chi connectivity index (χ0) is 17.9. The topological polar surface area (TPSA) is 48.0 Å². The largest absolute Gasteiger partial charge is 0.320 e. The van der Waals surface area contributed by atoms with Crippen molar-refractivity contribution < 1.29 is 0 Å². The molecule has 1 aliphatic heterocycles. The highest BCUT2D eigenvalue weighted by atomic mass is 32.1. The smallest absolute Gasteiger partial charge is 0.190 e. The molecule has 0 radical (unpaired) electrons. The zero-order valence-corrected chi connectivity index (χ0v) is 15.9. The lowest BCUT2D eigenvalue weighted by atomic mass is 10.2. The van der Waals surface area contributed by atoms with Gasteiger partial charge in [-0.2, -0.15) is 0 Å². The highest BCUT2D eigenvalue weighted by Gasteiger charge is 2.15. The molecule has 26 heavy (non-hydrogen) atoms. The van der Waals surface area contributed by atoms with Crippen LogP contribution in [0.5, 0.6) is 0 Å². The fourth-order valence-electron chi connectivity index (χ4n) is 3.35. The zero-order valence-electron chi connectivity index (χ0n) is 15.1. The van der Waals surface area contributed by atoms with Gasteiger partial charge in [0.2, 0.25) is 0 Å². The van der Waals surface area contributed by atoms with Gasteiger partial charge in [0.1, 0.15) is 5.82 Å². The molecule has 0 unspecified atom stereocenters. The summed E-state index contributed by atoms with van der Waals surface area (Å²) in [5, 5.41) is 8.83. The van der Waals surface area contributed by atoms with Crippen LogP contribution in [0.3, 0.4) is 0 Å². The fourth-order valence-corrected chi connectivity index (χ4v) is 4.22.